The minimum absolute atomic E-state index is 0.481. The summed E-state index contributed by atoms with van der Waals surface area (Å²) in [6, 6.07) is 10.9. The predicted octanol–water partition coefficient (Wildman–Crippen LogP) is 2.43. The van der Waals surface area contributed by atoms with E-state index in [1.807, 2.05) is 12.1 Å². The molecule has 0 saturated heterocycles. The van der Waals surface area contributed by atoms with Gasteiger partial charge in [0, 0.05) is 22.2 Å². The number of rotatable bonds is 2. The lowest BCUT2D eigenvalue weighted by atomic mass is 10.4. The topological polar surface area (TPSA) is 0 Å². The average molecular weight is 419 g/mol. The lowest BCUT2D eigenvalue weighted by molar-refractivity contribution is -0.597. The summed E-state index contributed by atoms with van der Waals surface area (Å²) in [4.78, 5) is 0. The Balaban J connectivity index is 2.37. The molecule has 0 aliphatic heterocycles. The van der Waals surface area contributed by atoms with Gasteiger partial charge in [0.15, 0.2) is 0 Å². The molecule has 0 aliphatic carbocycles. The van der Waals surface area contributed by atoms with Gasteiger partial charge in [-0.1, -0.05) is 46.4 Å². The second-order valence-corrected chi connectivity index (χ2v) is 7.76. The zero-order valence-corrected chi connectivity index (χ0v) is 13.5. The van der Waals surface area contributed by atoms with Gasteiger partial charge >= 0.3 is 21.2 Å². The molecule has 0 saturated carbocycles. The van der Waals surface area contributed by atoms with Crippen LogP contribution in [-0.4, -0.2) is 0 Å². The minimum Gasteiger partial charge on any atom is -0.0842 e. The van der Waals surface area contributed by atoms with Crippen molar-refractivity contribution in [1.29, 1.82) is 0 Å². The molecule has 0 bridgehead atoms. The zero-order valence-electron chi connectivity index (χ0n) is 8.35. The van der Waals surface area contributed by atoms with E-state index in [1.54, 1.807) is 24.3 Å². The summed E-state index contributed by atoms with van der Waals surface area (Å²) < 4.78 is 2.09. The van der Waals surface area contributed by atoms with Gasteiger partial charge < -0.3 is 0 Å². The molecular formula is C12H6Cl4I+. The van der Waals surface area contributed by atoms with Crippen LogP contribution in [0.25, 0.3) is 0 Å². The van der Waals surface area contributed by atoms with E-state index in [9.17, 15) is 0 Å². The van der Waals surface area contributed by atoms with E-state index in [0.717, 1.165) is 17.2 Å². The Bertz CT molecular complexity index is 505. The summed E-state index contributed by atoms with van der Waals surface area (Å²) in [5.41, 5.74) is 0. The van der Waals surface area contributed by atoms with Crippen molar-refractivity contribution < 1.29 is 21.2 Å². The van der Waals surface area contributed by atoms with Crippen LogP contribution in [0.3, 0.4) is 0 Å². The van der Waals surface area contributed by atoms with Gasteiger partial charge in [-0.15, -0.1) is 0 Å². The Hall–Kier alpha value is 0.330. The van der Waals surface area contributed by atoms with Crippen molar-refractivity contribution in [1.82, 2.24) is 0 Å². The van der Waals surface area contributed by atoms with E-state index < -0.39 is 21.2 Å². The normalized spacial score (nSPS) is 10.6. The highest BCUT2D eigenvalue weighted by molar-refractivity contribution is 6.33. The lowest BCUT2D eigenvalue weighted by Crippen LogP contribution is -3.61. The van der Waals surface area contributed by atoms with E-state index in [4.69, 9.17) is 46.4 Å². The molecule has 0 heterocycles. The van der Waals surface area contributed by atoms with Crippen molar-refractivity contribution >= 4 is 46.4 Å². The molecule has 2 aromatic rings. The molecule has 0 aliphatic rings. The molecular weight excluding hydrogens is 413 g/mol. The Labute approximate surface area is 130 Å². The maximum absolute atomic E-state index is 6.13. The number of halogens is 5. The molecule has 0 radical (unpaired) electrons. The highest BCUT2D eigenvalue weighted by Crippen LogP contribution is 2.16. The first-order valence-electron chi connectivity index (χ1n) is 4.61. The smallest absolute Gasteiger partial charge is 0.0842 e. The summed E-state index contributed by atoms with van der Waals surface area (Å²) >= 11 is 23.7. The molecule has 5 heteroatoms. The van der Waals surface area contributed by atoms with Crippen LogP contribution >= 0.6 is 46.4 Å². The average Bonchev–Trinajstić information content (AvgIpc) is 2.28. The zero-order chi connectivity index (χ0) is 12.4. The first kappa shape index (κ1) is 13.8. The van der Waals surface area contributed by atoms with Gasteiger partial charge in [-0.25, -0.2) is 0 Å². The monoisotopic (exact) mass is 417 g/mol. The minimum atomic E-state index is -0.481. The van der Waals surface area contributed by atoms with Crippen molar-refractivity contribution in [2.45, 2.75) is 0 Å². The van der Waals surface area contributed by atoms with E-state index in [1.165, 1.54) is 0 Å². The summed E-state index contributed by atoms with van der Waals surface area (Å²) in [6.07, 6.45) is 0. The Morgan fingerprint density at radius 2 is 1.06 bits per heavy atom. The Morgan fingerprint density at radius 3 is 1.47 bits per heavy atom. The van der Waals surface area contributed by atoms with Crippen molar-refractivity contribution in [3.8, 4) is 0 Å². The Morgan fingerprint density at radius 1 is 0.647 bits per heavy atom. The second kappa shape index (κ2) is 5.98. The van der Waals surface area contributed by atoms with Gasteiger partial charge in [-0.3, -0.25) is 0 Å². The quantitative estimate of drug-likeness (QED) is 0.519. The van der Waals surface area contributed by atoms with Crippen molar-refractivity contribution in [3.63, 3.8) is 0 Å². The molecule has 0 aromatic heterocycles. The molecule has 88 valence electrons. The standard InChI is InChI=1S/C12H6Cl4I/c13-7-1-3-9(15)11(5-7)17-12-6-8(14)2-4-10(12)16/h1-6H/q+1. The SMILES string of the molecule is Clc1ccc(Cl)c([I+]c2cc(Cl)ccc2Cl)c1. The van der Waals surface area contributed by atoms with Crippen molar-refractivity contribution in [2.75, 3.05) is 0 Å². The predicted molar refractivity (Wildman–Crippen MR) is 70.3 cm³/mol. The first-order valence-corrected chi connectivity index (χ1v) is 8.28. The van der Waals surface area contributed by atoms with Gasteiger partial charge in [0.1, 0.15) is 0 Å². The third-order valence-electron chi connectivity index (χ3n) is 1.97. The highest BCUT2D eigenvalue weighted by Gasteiger charge is 2.23. The van der Waals surface area contributed by atoms with E-state index in [-0.39, 0.29) is 0 Å². The van der Waals surface area contributed by atoms with Crippen molar-refractivity contribution in [2.24, 2.45) is 0 Å². The molecule has 0 N–H and O–H groups in total. The van der Waals surface area contributed by atoms with Crippen LogP contribution in [0.15, 0.2) is 36.4 Å². The maximum Gasteiger partial charge on any atom is 0.361 e. The number of hydrogen-bond donors (Lipinski definition) is 0. The van der Waals surface area contributed by atoms with Crippen LogP contribution in [0, 0.1) is 7.14 Å². The molecule has 17 heavy (non-hydrogen) atoms. The fourth-order valence-corrected chi connectivity index (χ4v) is 5.11. The van der Waals surface area contributed by atoms with Gasteiger partial charge in [0.2, 0.25) is 7.14 Å². The van der Waals surface area contributed by atoms with E-state index in [2.05, 4.69) is 0 Å². The van der Waals surface area contributed by atoms with Gasteiger partial charge in [-0.05, 0) is 24.3 Å². The third kappa shape index (κ3) is 3.65. The first-order chi connectivity index (χ1) is 8.06. The van der Waals surface area contributed by atoms with Gasteiger partial charge in [-0.2, -0.15) is 0 Å². The fourth-order valence-electron chi connectivity index (χ4n) is 1.20. The fraction of sp³-hybridized carbons (Fsp3) is 0. The number of benzene rings is 2. The van der Waals surface area contributed by atoms with Crippen LogP contribution in [-0.2, 0) is 0 Å². The summed E-state index contributed by atoms with van der Waals surface area (Å²) in [7, 11) is 0. The lowest BCUT2D eigenvalue weighted by Gasteiger charge is -1.95. The van der Waals surface area contributed by atoms with Crippen LogP contribution in [0.5, 0.6) is 0 Å². The van der Waals surface area contributed by atoms with Crippen molar-refractivity contribution in [3.05, 3.63) is 63.6 Å². The molecule has 0 unspecified atom stereocenters. The molecule has 0 fully saturated rings. The van der Waals surface area contributed by atoms with Gasteiger partial charge in [0.05, 0.1) is 10.0 Å². The molecule has 0 atom stereocenters. The maximum atomic E-state index is 6.13. The Kier molecular flexibility index (Phi) is 4.84. The van der Waals surface area contributed by atoms with Crippen LogP contribution in [0.4, 0.5) is 0 Å². The molecule has 0 spiro atoms. The van der Waals surface area contributed by atoms with Crippen LogP contribution in [0.1, 0.15) is 0 Å². The second-order valence-electron chi connectivity index (χ2n) is 3.21. The molecule has 2 rings (SSSR count). The van der Waals surface area contributed by atoms with Crippen LogP contribution in [0.2, 0.25) is 20.1 Å². The van der Waals surface area contributed by atoms with Gasteiger partial charge in [0.25, 0.3) is 0 Å². The summed E-state index contributed by atoms with van der Waals surface area (Å²) in [6.45, 7) is 0. The van der Waals surface area contributed by atoms with E-state index >= 15 is 0 Å². The highest BCUT2D eigenvalue weighted by atomic mass is 127. The molecule has 0 amide bonds. The van der Waals surface area contributed by atoms with Crippen LogP contribution < -0.4 is 21.2 Å². The number of hydrogen-bond acceptors (Lipinski definition) is 0. The molecule has 0 nitrogen and oxygen atoms in total. The summed E-state index contributed by atoms with van der Waals surface area (Å²) in [5, 5.41) is 2.81. The third-order valence-corrected chi connectivity index (χ3v) is 6.68. The molecule has 2 aromatic carbocycles. The largest absolute Gasteiger partial charge is 0.361 e. The summed E-state index contributed by atoms with van der Waals surface area (Å²) in [5.74, 6) is 0. The van der Waals surface area contributed by atoms with E-state index in [0.29, 0.717) is 10.0 Å².